The van der Waals surface area contributed by atoms with Crippen molar-refractivity contribution >= 4 is 0 Å². The maximum Gasteiger partial charge on any atom is 0.0940 e. The van der Waals surface area contributed by atoms with Crippen molar-refractivity contribution in [2.75, 3.05) is 6.54 Å². The smallest absolute Gasteiger partial charge is 0.0940 e. The van der Waals surface area contributed by atoms with Crippen LogP contribution in [-0.4, -0.2) is 17.7 Å². The first kappa shape index (κ1) is 10.2. The summed E-state index contributed by atoms with van der Waals surface area (Å²) in [6, 6.07) is 9.83. The van der Waals surface area contributed by atoms with Crippen LogP contribution in [0.2, 0.25) is 0 Å². The van der Waals surface area contributed by atoms with Crippen LogP contribution in [0.15, 0.2) is 30.3 Å². The first-order valence-electron chi connectivity index (χ1n) is 4.72. The minimum absolute atomic E-state index is 0.104. The van der Waals surface area contributed by atoms with E-state index in [0.717, 1.165) is 12.1 Å². The standard InChI is InChI=1S/C11H17NO/c1-3-12-9(2)11(13)10-7-5-4-6-8-10/h4-9,11-13H,3H2,1-2H3/t9-,11-/m0/s1. The number of rotatable bonds is 4. The molecular formula is C11H17NO. The second kappa shape index (κ2) is 5.00. The second-order valence-electron chi connectivity index (χ2n) is 3.20. The Kier molecular flexibility index (Phi) is 3.93. The van der Waals surface area contributed by atoms with Gasteiger partial charge >= 0.3 is 0 Å². The van der Waals surface area contributed by atoms with Gasteiger partial charge in [0, 0.05) is 6.04 Å². The zero-order valence-corrected chi connectivity index (χ0v) is 8.20. The van der Waals surface area contributed by atoms with Crippen molar-refractivity contribution in [3.05, 3.63) is 35.9 Å². The third kappa shape index (κ3) is 2.83. The van der Waals surface area contributed by atoms with E-state index >= 15 is 0 Å². The molecule has 1 aromatic rings. The van der Waals surface area contributed by atoms with Crippen molar-refractivity contribution in [1.29, 1.82) is 0 Å². The summed E-state index contributed by atoms with van der Waals surface area (Å²) in [5, 5.41) is 13.1. The molecule has 2 N–H and O–H groups in total. The lowest BCUT2D eigenvalue weighted by Gasteiger charge is -2.19. The fraction of sp³-hybridized carbons (Fsp3) is 0.455. The predicted molar refractivity (Wildman–Crippen MR) is 54.5 cm³/mol. The molecule has 0 saturated heterocycles. The molecule has 0 fully saturated rings. The number of likely N-dealkylation sites (N-methyl/N-ethyl adjacent to an activating group) is 1. The molecule has 0 aliphatic rings. The first-order valence-corrected chi connectivity index (χ1v) is 4.72. The van der Waals surface area contributed by atoms with Gasteiger partial charge in [-0.1, -0.05) is 37.3 Å². The molecular weight excluding hydrogens is 162 g/mol. The number of nitrogens with one attached hydrogen (secondary N) is 1. The molecule has 0 spiro atoms. The summed E-state index contributed by atoms with van der Waals surface area (Å²) in [6.45, 7) is 4.90. The molecule has 0 aromatic heterocycles. The topological polar surface area (TPSA) is 32.3 Å². The number of aliphatic hydroxyl groups excluding tert-OH is 1. The van der Waals surface area contributed by atoms with Crippen LogP contribution in [0.1, 0.15) is 25.5 Å². The van der Waals surface area contributed by atoms with E-state index in [1.807, 2.05) is 44.2 Å². The molecule has 1 rings (SSSR count). The highest BCUT2D eigenvalue weighted by molar-refractivity contribution is 5.18. The summed E-state index contributed by atoms with van der Waals surface area (Å²) in [4.78, 5) is 0. The monoisotopic (exact) mass is 179 g/mol. The van der Waals surface area contributed by atoms with Gasteiger partial charge in [-0.05, 0) is 19.0 Å². The average Bonchev–Trinajstić information content (AvgIpc) is 2.18. The lowest BCUT2D eigenvalue weighted by Crippen LogP contribution is -2.31. The van der Waals surface area contributed by atoms with E-state index in [-0.39, 0.29) is 6.04 Å². The molecule has 2 nitrogen and oxygen atoms in total. The summed E-state index contributed by atoms with van der Waals surface area (Å²) in [5.41, 5.74) is 0.968. The largest absolute Gasteiger partial charge is 0.387 e. The van der Waals surface area contributed by atoms with Gasteiger partial charge in [0.2, 0.25) is 0 Å². The van der Waals surface area contributed by atoms with E-state index in [9.17, 15) is 5.11 Å². The molecule has 0 amide bonds. The summed E-state index contributed by atoms with van der Waals surface area (Å²) in [6.07, 6.45) is -0.416. The Morgan fingerprint density at radius 1 is 1.31 bits per heavy atom. The Morgan fingerprint density at radius 2 is 1.92 bits per heavy atom. The molecule has 2 atom stereocenters. The normalized spacial score (nSPS) is 15.3. The molecule has 0 aliphatic carbocycles. The zero-order valence-electron chi connectivity index (χ0n) is 8.20. The third-order valence-corrected chi connectivity index (χ3v) is 2.14. The first-order chi connectivity index (χ1) is 6.25. The fourth-order valence-electron chi connectivity index (χ4n) is 1.37. The van der Waals surface area contributed by atoms with Gasteiger partial charge in [-0.15, -0.1) is 0 Å². The predicted octanol–water partition coefficient (Wildman–Crippen LogP) is 1.72. The Bertz CT molecular complexity index is 235. The molecule has 0 radical (unpaired) electrons. The number of hydrogen-bond acceptors (Lipinski definition) is 2. The van der Waals surface area contributed by atoms with Crippen molar-refractivity contribution in [2.45, 2.75) is 26.0 Å². The highest BCUT2D eigenvalue weighted by Crippen LogP contribution is 2.15. The Morgan fingerprint density at radius 3 is 2.46 bits per heavy atom. The van der Waals surface area contributed by atoms with Crippen LogP contribution < -0.4 is 5.32 Å². The highest BCUT2D eigenvalue weighted by Gasteiger charge is 2.13. The van der Waals surface area contributed by atoms with E-state index in [4.69, 9.17) is 0 Å². The highest BCUT2D eigenvalue weighted by atomic mass is 16.3. The number of hydrogen-bond donors (Lipinski definition) is 2. The maximum atomic E-state index is 9.86. The summed E-state index contributed by atoms with van der Waals surface area (Å²) < 4.78 is 0. The van der Waals surface area contributed by atoms with Crippen LogP contribution in [0.25, 0.3) is 0 Å². The van der Waals surface area contributed by atoms with Crippen molar-refractivity contribution < 1.29 is 5.11 Å². The van der Waals surface area contributed by atoms with Gasteiger partial charge in [0.05, 0.1) is 6.10 Å². The maximum absolute atomic E-state index is 9.86. The molecule has 0 aliphatic heterocycles. The summed E-state index contributed by atoms with van der Waals surface area (Å²) >= 11 is 0. The van der Waals surface area contributed by atoms with Gasteiger partial charge in [-0.2, -0.15) is 0 Å². The minimum Gasteiger partial charge on any atom is -0.387 e. The van der Waals surface area contributed by atoms with Crippen molar-refractivity contribution in [3.63, 3.8) is 0 Å². The van der Waals surface area contributed by atoms with Gasteiger partial charge in [0.25, 0.3) is 0 Å². The lowest BCUT2D eigenvalue weighted by atomic mass is 10.0. The van der Waals surface area contributed by atoms with Crippen LogP contribution in [-0.2, 0) is 0 Å². The van der Waals surface area contributed by atoms with Crippen LogP contribution in [0, 0.1) is 0 Å². The number of aliphatic hydroxyl groups is 1. The lowest BCUT2D eigenvalue weighted by molar-refractivity contribution is 0.137. The van der Waals surface area contributed by atoms with Crippen LogP contribution in [0.4, 0.5) is 0 Å². The van der Waals surface area contributed by atoms with E-state index < -0.39 is 6.10 Å². The van der Waals surface area contributed by atoms with Gasteiger partial charge in [0.15, 0.2) is 0 Å². The Balaban J connectivity index is 2.62. The fourth-order valence-corrected chi connectivity index (χ4v) is 1.37. The summed E-state index contributed by atoms with van der Waals surface area (Å²) in [5.74, 6) is 0. The van der Waals surface area contributed by atoms with Crippen molar-refractivity contribution in [3.8, 4) is 0 Å². The molecule has 0 saturated carbocycles. The van der Waals surface area contributed by atoms with E-state index in [2.05, 4.69) is 5.32 Å². The average molecular weight is 179 g/mol. The summed E-state index contributed by atoms with van der Waals surface area (Å²) in [7, 11) is 0. The van der Waals surface area contributed by atoms with Crippen LogP contribution in [0.5, 0.6) is 0 Å². The molecule has 0 bridgehead atoms. The Labute approximate surface area is 79.6 Å². The van der Waals surface area contributed by atoms with Crippen molar-refractivity contribution in [2.24, 2.45) is 0 Å². The molecule has 13 heavy (non-hydrogen) atoms. The molecule has 1 aromatic carbocycles. The molecule has 0 unspecified atom stereocenters. The van der Waals surface area contributed by atoms with Gasteiger partial charge < -0.3 is 10.4 Å². The van der Waals surface area contributed by atoms with E-state index in [0.29, 0.717) is 0 Å². The van der Waals surface area contributed by atoms with Crippen LogP contribution in [0.3, 0.4) is 0 Å². The van der Waals surface area contributed by atoms with Gasteiger partial charge in [-0.3, -0.25) is 0 Å². The van der Waals surface area contributed by atoms with Crippen molar-refractivity contribution in [1.82, 2.24) is 5.32 Å². The van der Waals surface area contributed by atoms with E-state index in [1.54, 1.807) is 0 Å². The zero-order chi connectivity index (χ0) is 9.68. The second-order valence-corrected chi connectivity index (χ2v) is 3.20. The van der Waals surface area contributed by atoms with E-state index in [1.165, 1.54) is 0 Å². The number of benzene rings is 1. The Hall–Kier alpha value is -0.860. The minimum atomic E-state index is -0.416. The molecule has 72 valence electrons. The third-order valence-electron chi connectivity index (χ3n) is 2.14. The quantitative estimate of drug-likeness (QED) is 0.737. The van der Waals surface area contributed by atoms with Crippen LogP contribution >= 0.6 is 0 Å². The molecule has 0 heterocycles. The molecule has 2 heteroatoms. The van der Waals surface area contributed by atoms with Gasteiger partial charge in [0.1, 0.15) is 0 Å². The van der Waals surface area contributed by atoms with Gasteiger partial charge in [-0.25, -0.2) is 0 Å². The SMILES string of the molecule is CCN[C@@H](C)[C@H](O)c1ccccc1.